The van der Waals surface area contributed by atoms with E-state index in [1.165, 1.54) is 11.8 Å². The molecule has 0 aromatic heterocycles. The maximum atomic E-state index is 11.7. The molecule has 0 radical (unpaired) electrons. The van der Waals surface area contributed by atoms with E-state index in [1.807, 2.05) is 0 Å². The number of amides is 2. The molecule has 17 heavy (non-hydrogen) atoms. The Kier molecular flexibility index (Phi) is 5.27. The van der Waals surface area contributed by atoms with Gasteiger partial charge in [0.15, 0.2) is 0 Å². The third-order valence-corrected chi connectivity index (χ3v) is 3.87. The summed E-state index contributed by atoms with van der Waals surface area (Å²) in [7, 11) is 0. The molecule has 6 nitrogen and oxygen atoms in total. The summed E-state index contributed by atoms with van der Waals surface area (Å²) < 4.78 is 0. The molecular weight excluding hydrogens is 244 g/mol. The van der Waals surface area contributed by atoms with E-state index in [4.69, 9.17) is 10.8 Å². The minimum Gasteiger partial charge on any atom is -0.480 e. The van der Waals surface area contributed by atoms with Gasteiger partial charge in [0.25, 0.3) is 0 Å². The maximum Gasteiger partial charge on any atom is 0.326 e. The van der Waals surface area contributed by atoms with Crippen molar-refractivity contribution in [2.45, 2.75) is 37.0 Å². The number of thioether (sulfide) groups is 1. The predicted octanol–water partition coefficient (Wildman–Crippen LogP) is -0.283. The molecule has 0 aliphatic carbocycles. The van der Waals surface area contributed by atoms with E-state index in [1.54, 1.807) is 0 Å². The van der Waals surface area contributed by atoms with Crippen LogP contribution in [0.4, 0.5) is 0 Å². The molecule has 2 atom stereocenters. The van der Waals surface area contributed by atoms with Crippen LogP contribution >= 0.6 is 11.8 Å². The molecule has 0 bridgehead atoms. The van der Waals surface area contributed by atoms with Gasteiger partial charge in [-0.15, -0.1) is 11.8 Å². The van der Waals surface area contributed by atoms with Crippen LogP contribution in [-0.2, 0) is 14.4 Å². The van der Waals surface area contributed by atoms with Gasteiger partial charge in [-0.25, -0.2) is 4.79 Å². The van der Waals surface area contributed by atoms with E-state index in [2.05, 4.69) is 5.32 Å². The van der Waals surface area contributed by atoms with Gasteiger partial charge >= 0.3 is 5.97 Å². The minimum absolute atomic E-state index is 0.210. The first-order valence-electron chi connectivity index (χ1n) is 5.44. The summed E-state index contributed by atoms with van der Waals surface area (Å²) in [5.41, 5.74) is 4.93. The lowest BCUT2D eigenvalue weighted by molar-refractivity contribution is -0.143. The Morgan fingerprint density at radius 3 is 2.59 bits per heavy atom. The number of nitrogens with two attached hydrogens (primary N) is 1. The number of hydrogen-bond acceptors (Lipinski definition) is 4. The Morgan fingerprint density at radius 2 is 2.12 bits per heavy atom. The smallest absolute Gasteiger partial charge is 0.326 e. The second-order valence-corrected chi connectivity index (χ2v) is 5.24. The average Bonchev–Trinajstić information content (AvgIpc) is 2.28. The third-order valence-electron chi connectivity index (χ3n) is 2.49. The standard InChI is InChI=1S/C10H16N2O4S/c11-8(13)5-6(10(15)16)12-9(14)7-3-1-2-4-17-7/h6-7H,1-5H2,(H2,11,13)(H,12,14)(H,15,16)/t6-,7?/m1/s1. The van der Waals surface area contributed by atoms with Crippen molar-refractivity contribution in [2.75, 3.05) is 5.75 Å². The molecule has 4 N–H and O–H groups in total. The van der Waals surface area contributed by atoms with Gasteiger partial charge in [0, 0.05) is 0 Å². The molecule has 1 saturated heterocycles. The van der Waals surface area contributed by atoms with E-state index >= 15 is 0 Å². The van der Waals surface area contributed by atoms with Crippen molar-refractivity contribution < 1.29 is 19.5 Å². The normalized spacial score (nSPS) is 21.5. The highest BCUT2D eigenvalue weighted by atomic mass is 32.2. The highest BCUT2D eigenvalue weighted by molar-refractivity contribution is 8.00. The lowest BCUT2D eigenvalue weighted by Crippen LogP contribution is -2.46. The van der Waals surface area contributed by atoms with Gasteiger partial charge in [-0.3, -0.25) is 9.59 Å². The van der Waals surface area contributed by atoms with E-state index in [9.17, 15) is 14.4 Å². The SMILES string of the molecule is NC(=O)C[C@@H](NC(=O)C1CCCCS1)C(=O)O. The van der Waals surface area contributed by atoms with Crippen molar-refractivity contribution in [3.8, 4) is 0 Å². The quantitative estimate of drug-likeness (QED) is 0.629. The van der Waals surface area contributed by atoms with Gasteiger partial charge in [-0.05, 0) is 18.6 Å². The molecule has 0 aromatic rings. The summed E-state index contributed by atoms with van der Waals surface area (Å²) in [6.45, 7) is 0. The Balaban J connectivity index is 2.50. The summed E-state index contributed by atoms with van der Waals surface area (Å²) in [5.74, 6) is -1.39. The van der Waals surface area contributed by atoms with Crippen molar-refractivity contribution in [3.05, 3.63) is 0 Å². The van der Waals surface area contributed by atoms with Gasteiger partial charge in [0.1, 0.15) is 6.04 Å². The molecule has 1 unspecified atom stereocenters. The van der Waals surface area contributed by atoms with Gasteiger partial charge in [0.05, 0.1) is 11.7 Å². The maximum absolute atomic E-state index is 11.7. The number of hydrogen-bond donors (Lipinski definition) is 3. The number of carbonyl (C=O) groups excluding carboxylic acids is 2. The van der Waals surface area contributed by atoms with E-state index < -0.39 is 17.9 Å². The highest BCUT2D eigenvalue weighted by Gasteiger charge is 2.27. The fraction of sp³-hybridized carbons (Fsp3) is 0.700. The predicted molar refractivity (Wildman–Crippen MR) is 63.5 cm³/mol. The van der Waals surface area contributed by atoms with Gasteiger partial charge in [0.2, 0.25) is 11.8 Å². The van der Waals surface area contributed by atoms with Crippen molar-refractivity contribution in [2.24, 2.45) is 5.73 Å². The van der Waals surface area contributed by atoms with E-state index in [0.717, 1.165) is 25.0 Å². The number of carboxylic acid groups (broad SMARTS) is 1. The summed E-state index contributed by atoms with van der Waals surface area (Å²) in [6, 6.07) is -1.22. The Labute approximate surface area is 103 Å². The zero-order valence-corrected chi connectivity index (χ0v) is 10.2. The van der Waals surface area contributed by atoms with Crippen LogP contribution in [0, 0.1) is 0 Å². The summed E-state index contributed by atoms with van der Waals surface area (Å²) in [4.78, 5) is 33.2. The zero-order chi connectivity index (χ0) is 12.8. The number of nitrogens with one attached hydrogen (secondary N) is 1. The van der Waals surface area contributed by atoms with Gasteiger partial charge < -0.3 is 16.2 Å². The van der Waals surface area contributed by atoms with Crippen LogP contribution in [0.1, 0.15) is 25.7 Å². The highest BCUT2D eigenvalue weighted by Crippen LogP contribution is 2.25. The molecule has 1 aliphatic rings. The topological polar surface area (TPSA) is 109 Å². The summed E-state index contributed by atoms with van der Waals surface area (Å²) in [5, 5.41) is 11.0. The fourth-order valence-corrected chi connectivity index (χ4v) is 2.82. The number of carboxylic acids is 1. The number of carbonyl (C=O) groups is 3. The molecule has 7 heteroatoms. The van der Waals surface area contributed by atoms with Crippen LogP contribution in [0.2, 0.25) is 0 Å². The molecule has 2 amide bonds. The first-order chi connectivity index (χ1) is 8.00. The average molecular weight is 260 g/mol. The van der Waals surface area contributed by atoms with Crippen LogP contribution < -0.4 is 11.1 Å². The number of rotatable bonds is 5. The molecule has 96 valence electrons. The molecule has 1 fully saturated rings. The molecule has 1 aliphatic heterocycles. The summed E-state index contributed by atoms with van der Waals surface area (Å²) >= 11 is 1.52. The first kappa shape index (κ1) is 13.8. The van der Waals surface area contributed by atoms with E-state index in [-0.39, 0.29) is 17.6 Å². The Bertz CT molecular complexity index is 315. The third kappa shape index (κ3) is 4.64. The monoisotopic (exact) mass is 260 g/mol. The molecule has 0 spiro atoms. The number of aliphatic carboxylic acids is 1. The van der Waals surface area contributed by atoms with Crippen molar-refractivity contribution >= 4 is 29.5 Å². The molecule has 1 heterocycles. The lowest BCUT2D eigenvalue weighted by Gasteiger charge is -2.22. The van der Waals surface area contributed by atoms with E-state index in [0.29, 0.717) is 0 Å². The second kappa shape index (κ2) is 6.48. The van der Waals surface area contributed by atoms with Crippen LogP contribution in [-0.4, -0.2) is 39.9 Å². The van der Waals surface area contributed by atoms with Crippen LogP contribution in [0.15, 0.2) is 0 Å². The van der Waals surface area contributed by atoms with Crippen molar-refractivity contribution in [1.29, 1.82) is 0 Å². The minimum atomic E-state index is -1.24. The van der Waals surface area contributed by atoms with Gasteiger partial charge in [-0.2, -0.15) is 0 Å². The van der Waals surface area contributed by atoms with Crippen LogP contribution in [0.25, 0.3) is 0 Å². The molecule has 0 aromatic carbocycles. The largest absolute Gasteiger partial charge is 0.480 e. The molecule has 1 rings (SSSR count). The van der Waals surface area contributed by atoms with Crippen molar-refractivity contribution in [3.63, 3.8) is 0 Å². The molecule has 0 saturated carbocycles. The Morgan fingerprint density at radius 1 is 1.41 bits per heavy atom. The Hall–Kier alpha value is -1.24. The van der Waals surface area contributed by atoms with Crippen LogP contribution in [0.5, 0.6) is 0 Å². The second-order valence-electron chi connectivity index (χ2n) is 3.93. The van der Waals surface area contributed by atoms with Crippen molar-refractivity contribution in [1.82, 2.24) is 5.32 Å². The van der Waals surface area contributed by atoms with Gasteiger partial charge in [-0.1, -0.05) is 6.42 Å². The van der Waals surface area contributed by atoms with Crippen LogP contribution in [0.3, 0.4) is 0 Å². The summed E-state index contributed by atoms with van der Waals surface area (Å²) in [6.07, 6.45) is 2.43. The lowest BCUT2D eigenvalue weighted by atomic mass is 10.1. The fourth-order valence-electron chi connectivity index (χ4n) is 1.61. The zero-order valence-electron chi connectivity index (χ0n) is 9.35. The first-order valence-corrected chi connectivity index (χ1v) is 6.48. The number of primary amides is 1. The molecular formula is C10H16N2O4S.